The number of pyridine rings is 1. The first-order chi connectivity index (χ1) is 16.5. The molecule has 5 rings (SSSR count). The number of hydrogen-bond acceptors (Lipinski definition) is 5. The molecule has 0 aliphatic carbocycles. The van der Waals surface area contributed by atoms with Crippen LogP contribution in [-0.4, -0.2) is 35.9 Å². The van der Waals surface area contributed by atoms with Crippen LogP contribution < -0.4 is 9.80 Å². The minimum atomic E-state index is -0.849. The molecule has 1 aromatic heterocycles. The minimum Gasteiger partial charge on any atom is -0.507 e. The summed E-state index contributed by atoms with van der Waals surface area (Å²) in [7, 11) is 3.86. The fraction of sp³-hybridized carbons (Fsp3) is 0.107. The van der Waals surface area contributed by atoms with Crippen molar-refractivity contribution in [3.63, 3.8) is 0 Å². The Hall–Kier alpha value is -4.45. The summed E-state index contributed by atoms with van der Waals surface area (Å²) in [6, 6.07) is 25.1. The molecule has 1 fully saturated rings. The SMILES string of the molecule is CN(C)c1ccc(N2C(=O)C(=O)/C(=C(\O)c3ccc4ccccc4c3)C2c2ccccn2)cc1. The number of Topliss-reactive ketones (excluding diaryl/α,β-unsaturated/α-hetero) is 1. The molecule has 2 heterocycles. The first-order valence-electron chi connectivity index (χ1n) is 10.9. The number of carbonyl (C=O) groups excluding carboxylic acids is 2. The predicted molar refractivity (Wildman–Crippen MR) is 134 cm³/mol. The molecule has 1 N–H and O–H groups in total. The number of ketones is 1. The zero-order valence-electron chi connectivity index (χ0n) is 18.8. The molecule has 4 aromatic rings. The van der Waals surface area contributed by atoms with Crippen LogP contribution in [0.15, 0.2) is 96.7 Å². The number of aliphatic hydroxyl groups excluding tert-OH is 1. The molecule has 6 heteroatoms. The summed E-state index contributed by atoms with van der Waals surface area (Å²) < 4.78 is 0. The van der Waals surface area contributed by atoms with E-state index in [-0.39, 0.29) is 11.3 Å². The van der Waals surface area contributed by atoms with Gasteiger partial charge in [0.2, 0.25) is 0 Å². The number of anilines is 2. The second-order valence-corrected chi connectivity index (χ2v) is 8.40. The number of carbonyl (C=O) groups is 2. The molecule has 1 amide bonds. The first-order valence-corrected chi connectivity index (χ1v) is 10.9. The van der Waals surface area contributed by atoms with Crippen molar-refractivity contribution >= 4 is 39.6 Å². The van der Waals surface area contributed by atoms with Gasteiger partial charge < -0.3 is 10.0 Å². The molecule has 1 atom stereocenters. The molecule has 0 saturated carbocycles. The maximum Gasteiger partial charge on any atom is 0.300 e. The summed E-state index contributed by atoms with van der Waals surface area (Å²) in [6.45, 7) is 0. The number of hydrogen-bond donors (Lipinski definition) is 1. The van der Waals surface area contributed by atoms with Gasteiger partial charge in [-0.15, -0.1) is 0 Å². The second-order valence-electron chi connectivity index (χ2n) is 8.40. The fourth-order valence-corrected chi connectivity index (χ4v) is 4.32. The Kier molecular flexibility index (Phi) is 5.34. The normalized spacial score (nSPS) is 17.4. The summed E-state index contributed by atoms with van der Waals surface area (Å²) in [6.07, 6.45) is 1.61. The third kappa shape index (κ3) is 3.59. The highest BCUT2D eigenvalue weighted by Gasteiger charge is 2.47. The van der Waals surface area contributed by atoms with Crippen molar-refractivity contribution in [1.82, 2.24) is 4.98 Å². The summed E-state index contributed by atoms with van der Waals surface area (Å²) in [5.41, 5.74) is 2.52. The van der Waals surface area contributed by atoms with Crippen LogP contribution in [0.1, 0.15) is 17.3 Å². The molecular weight excluding hydrogens is 426 g/mol. The number of fused-ring (bicyclic) bond motifs is 1. The van der Waals surface area contributed by atoms with Gasteiger partial charge in [-0.2, -0.15) is 0 Å². The molecule has 168 valence electrons. The number of amides is 1. The van der Waals surface area contributed by atoms with E-state index in [1.165, 1.54) is 4.90 Å². The van der Waals surface area contributed by atoms with Gasteiger partial charge >= 0.3 is 0 Å². The standard InChI is InChI=1S/C28H23N3O3/c1-30(2)21-12-14-22(15-13-21)31-25(23-9-5-6-16-29-23)24(27(33)28(31)34)26(32)20-11-10-18-7-3-4-8-19(18)17-20/h3-17,25,32H,1-2H3/b26-24-. The van der Waals surface area contributed by atoms with Gasteiger partial charge in [-0.1, -0.05) is 42.5 Å². The Morgan fingerprint density at radius 2 is 1.59 bits per heavy atom. The Morgan fingerprint density at radius 3 is 2.26 bits per heavy atom. The molecule has 1 saturated heterocycles. The summed E-state index contributed by atoms with van der Waals surface area (Å²) >= 11 is 0. The lowest BCUT2D eigenvalue weighted by molar-refractivity contribution is -0.132. The molecule has 0 bridgehead atoms. The van der Waals surface area contributed by atoms with Crippen molar-refractivity contribution in [2.45, 2.75) is 6.04 Å². The average Bonchev–Trinajstić information content (AvgIpc) is 3.14. The average molecular weight is 450 g/mol. The van der Waals surface area contributed by atoms with Gasteiger partial charge in [0.1, 0.15) is 11.8 Å². The molecule has 0 radical (unpaired) electrons. The Labute approximate surface area is 197 Å². The Morgan fingerprint density at radius 1 is 0.882 bits per heavy atom. The van der Waals surface area contributed by atoms with Crippen molar-refractivity contribution in [2.24, 2.45) is 0 Å². The molecule has 1 aliphatic rings. The zero-order valence-corrected chi connectivity index (χ0v) is 18.8. The van der Waals surface area contributed by atoms with E-state index in [0.717, 1.165) is 16.5 Å². The van der Waals surface area contributed by atoms with Crippen molar-refractivity contribution in [2.75, 3.05) is 23.9 Å². The van der Waals surface area contributed by atoms with Crippen LogP contribution in [0.25, 0.3) is 16.5 Å². The third-order valence-electron chi connectivity index (χ3n) is 6.08. The zero-order chi connectivity index (χ0) is 23.8. The van der Waals surface area contributed by atoms with Gasteiger partial charge in [0.25, 0.3) is 11.7 Å². The first kappa shape index (κ1) is 21.4. The monoisotopic (exact) mass is 449 g/mol. The van der Waals surface area contributed by atoms with Crippen molar-refractivity contribution in [3.05, 3.63) is 108 Å². The minimum absolute atomic E-state index is 0.0238. The molecule has 34 heavy (non-hydrogen) atoms. The van der Waals surface area contributed by atoms with Gasteiger partial charge in [0.05, 0.1) is 11.3 Å². The Bertz CT molecular complexity index is 1430. The molecule has 0 spiro atoms. The van der Waals surface area contributed by atoms with Crippen LogP contribution in [0.4, 0.5) is 11.4 Å². The lowest BCUT2D eigenvalue weighted by Gasteiger charge is -2.25. The molecule has 1 unspecified atom stereocenters. The van der Waals surface area contributed by atoms with Gasteiger partial charge in [-0.25, -0.2) is 0 Å². The van der Waals surface area contributed by atoms with Crippen LogP contribution in [-0.2, 0) is 9.59 Å². The quantitative estimate of drug-likeness (QED) is 0.272. The van der Waals surface area contributed by atoms with E-state index in [9.17, 15) is 14.7 Å². The van der Waals surface area contributed by atoms with E-state index in [1.807, 2.05) is 67.5 Å². The molecule has 1 aliphatic heterocycles. The van der Waals surface area contributed by atoms with Crippen LogP contribution in [0.3, 0.4) is 0 Å². The van der Waals surface area contributed by atoms with Gasteiger partial charge in [-0.05, 0) is 53.2 Å². The van der Waals surface area contributed by atoms with Crippen LogP contribution in [0, 0.1) is 0 Å². The lowest BCUT2D eigenvalue weighted by Crippen LogP contribution is -2.29. The molecule has 6 nitrogen and oxygen atoms in total. The van der Waals surface area contributed by atoms with E-state index in [0.29, 0.717) is 16.9 Å². The van der Waals surface area contributed by atoms with Gasteiger partial charge in [0.15, 0.2) is 0 Å². The number of nitrogens with zero attached hydrogens (tertiary/aromatic N) is 3. The van der Waals surface area contributed by atoms with E-state index in [1.54, 1.807) is 42.6 Å². The van der Waals surface area contributed by atoms with Crippen LogP contribution in [0.2, 0.25) is 0 Å². The van der Waals surface area contributed by atoms with E-state index < -0.39 is 17.7 Å². The summed E-state index contributed by atoms with van der Waals surface area (Å²) in [5, 5.41) is 13.3. The smallest absolute Gasteiger partial charge is 0.300 e. The van der Waals surface area contributed by atoms with Gasteiger partial charge in [0, 0.05) is 37.2 Å². The van der Waals surface area contributed by atoms with Gasteiger partial charge in [-0.3, -0.25) is 19.5 Å². The molecular formula is C28H23N3O3. The van der Waals surface area contributed by atoms with E-state index in [4.69, 9.17) is 0 Å². The second kappa shape index (κ2) is 8.48. The third-order valence-corrected chi connectivity index (χ3v) is 6.08. The maximum absolute atomic E-state index is 13.3. The highest BCUT2D eigenvalue weighted by molar-refractivity contribution is 6.51. The number of rotatable bonds is 4. The summed E-state index contributed by atoms with van der Waals surface area (Å²) in [5.74, 6) is -1.65. The largest absolute Gasteiger partial charge is 0.507 e. The number of aliphatic hydroxyl groups is 1. The van der Waals surface area contributed by atoms with Crippen molar-refractivity contribution in [1.29, 1.82) is 0 Å². The van der Waals surface area contributed by atoms with Crippen molar-refractivity contribution < 1.29 is 14.7 Å². The van der Waals surface area contributed by atoms with E-state index in [2.05, 4.69) is 4.98 Å². The topological polar surface area (TPSA) is 73.7 Å². The number of aromatic nitrogens is 1. The summed E-state index contributed by atoms with van der Waals surface area (Å²) in [4.78, 5) is 34.3. The fourth-order valence-electron chi connectivity index (χ4n) is 4.32. The van der Waals surface area contributed by atoms with E-state index >= 15 is 0 Å². The van der Waals surface area contributed by atoms with Crippen LogP contribution in [0.5, 0.6) is 0 Å². The van der Waals surface area contributed by atoms with Crippen molar-refractivity contribution in [3.8, 4) is 0 Å². The highest BCUT2D eigenvalue weighted by atomic mass is 16.3. The maximum atomic E-state index is 13.3. The van der Waals surface area contributed by atoms with Crippen LogP contribution >= 0.6 is 0 Å². The Balaban J connectivity index is 1.69. The molecule has 3 aromatic carbocycles. The predicted octanol–water partition coefficient (Wildman–Crippen LogP) is 4.93. The lowest BCUT2D eigenvalue weighted by atomic mass is 9.97. The highest BCUT2D eigenvalue weighted by Crippen LogP contribution is 2.42. The number of benzene rings is 3.